The van der Waals surface area contributed by atoms with Crippen LogP contribution in [0.5, 0.6) is 0 Å². The Balaban J connectivity index is 1.61. The molecule has 0 bridgehead atoms. The third-order valence-electron chi connectivity index (χ3n) is 4.17. The van der Waals surface area contributed by atoms with Crippen molar-refractivity contribution in [3.8, 4) is 0 Å². The van der Waals surface area contributed by atoms with Gasteiger partial charge < -0.3 is 4.90 Å². The van der Waals surface area contributed by atoms with Gasteiger partial charge in [0.15, 0.2) is 0 Å². The lowest BCUT2D eigenvalue weighted by Gasteiger charge is -2.23. The largest absolute Gasteiger partial charge is 0.326 e. The molecule has 27 heavy (non-hydrogen) atoms. The zero-order chi connectivity index (χ0) is 19.4. The number of benzene rings is 1. The molecule has 140 valence electrons. The van der Waals surface area contributed by atoms with Crippen LogP contribution < -0.4 is 10.9 Å². The van der Waals surface area contributed by atoms with Gasteiger partial charge in [0.25, 0.3) is 23.4 Å². The number of carbonyl (C=O) groups excluding carboxylic acids is 3. The quantitative estimate of drug-likeness (QED) is 0.610. The predicted octanol–water partition coefficient (Wildman–Crippen LogP) is 1.72. The van der Waals surface area contributed by atoms with Crippen LogP contribution in [0.4, 0.5) is 5.69 Å². The summed E-state index contributed by atoms with van der Waals surface area (Å²) < 4.78 is 0. The van der Waals surface area contributed by atoms with Gasteiger partial charge in [0, 0.05) is 24.2 Å². The van der Waals surface area contributed by atoms with E-state index >= 15 is 0 Å². The Kier molecular flexibility index (Phi) is 5.46. The number of amides is 3. The van der Waals surface area contributed by atoms with Crippen LogP contribution in [0.15, 0.2) is 41.8 Å². The van der Waals surface area contributed by atoms with Crippen LogP contribution in [0, 0.1) is 10.1 Å². The van der Waals surface area contributed by atoms with Crippen molar-refractivity contribution in [2.75, 3.05) is 6.54 Å². The van der Waals surface area contributed by atoms with Crippen LogP contribution in [-0.2, 0) is 4.79 Å². The van der Waals surface area contributed by atoms with Crippen LogP contribution in [0.2, 0.25) is 0 Å². The number of thiophene rings is 1. The van der Waals surface area contributed by atoms with Gasteiger partial charge >= 0.3 is 0 Å². The van der Waals surface area contributed by atoms with Crippen molar-refractivity contribution >= 4 is 34.7 Å². The Morgan fingerprint density at radius 1 is 1.19 bits per heavy atom. The molecular weight excluding hydrogens is 372 g/mol. The number of hydrazine groups is 1. The van der Waals surface area contributed by atoms with Crippen molar-refractivity contribution in [2.45, 2.75) is 18.9 Å². The summed E-state index contributed by atoms with van der Waals surface area (Å²) in [7, 11) is 0. The second-order valence-electron chi connectivity index (χ2n) is 5.88. The highest BCUT2D eigenvalue weighted by molar-refractivity contribution is 7.12. The van der Waals surface area contributed by atoms with E-state index in [0.717, 1.165) is 6.07 Å². The lowest BCUT2D eigenvalue weighted by atomic mass is 10.2. The third kappa shape index (κ3) is 4.11. The molecule has 1 atom stereocenters. The molecule has 2 aromatic rings. The van der Waals surface area contributed by atoms with E-state index in [1.807, 2.05) is 0 Å². The lowest BCUT2D eigenvalue weighted by molar-refractivity contribution is -0.384. The molecule has 0 saturated carbocycles. The normalized spacial score (nSPS) is 16.0. The molecule has 0 spiro atoms. The van der Waals surface area contributed by atoms with Gasteiger partial charge in [0.2, 0.25) is 0 Å². The maximum Gasteiger partial charge on any atom is 0.270 e. The maximum absolute atomic E-state index is 12.5. The first-order valence-corrected chi connectivity index (χ1v) is 9.04. The molecule has 2 heterocycles. The Morgan fingerprint density at radius 3 is 2.70 bits per heavy atom. The SMILES string of the molecule is O=C(NNC(=O)[C@@H]1CCCN1C(=O)c1cccs1)c1cccc([N+](=O)[O-])c1. The van der Waals surface area contributed by atoms with E-state index in [4.69, 9.17) is 0 Å². The number of nitrogens with one attached hydrogen (secondary N) is 2. The van der Waals surface area contributed by atoms with E-state index in [-0.39, 0.29) is 17.2 Å². The third-order valence-corrected chi connectivity index (χ3v) is 5.02. The van der Waals surface area contributed by atoms with Gasteiger partial charge in [0.05, 0.1) is 9.80 Å². The lowest BCUT2D eigenvalue weighted by Crippen LogP contribution is -2.51. The average Bonchev–Trinajstić information content (AvgIpc) is 3.37. The number of likely N-dealkylation sites (tertiary alicyclic amines) is 1. The first-order valence-electron chi connectivity index (χ1n) is 8.16. The van der Waals surface area contributed by atoms with Gasteiger partial charge in [-0.05, 0) is 30.4 Å². The molecule has 1 aliphatic rings. The van der Waals surface area contributed by atoms with Gasteiger partial charge in [-0.3, -0.25) is 35.3 Å². The zero-order valence-electron chi connectivity index (χ0n) is 14.1. The van der Waals surface area contributed by atoms with E-state index in [1.54, 1.807) is 17.5 Å². The monoisotopic (exact) mass is 388 g/mol. The summed E-state index contributed by atoms with van der Waals surface area (Å²) in [5, 5.41) is 12.6. The molecule has 0 radical (unpaired) electrons. The zero-order valence-corrected chi connectivity index (χ0v) is 14.9. The number of carbonyl (C=O) groups is 3. The van der Waals surface area contributed by atoms with E-state index < -0.39 is 22.8 Å². The molecule has 2 N–H and O–H groups in total. The van der Waals surface area contributed by atoms with Crippen LogP contribution in [0.25, 0.3) is 0 Å². The number of nitro groups is 1. The molecule has 9 nitrogen and oxygen atoms in total. The fourth-order valence-corrected chi connectivity index (χ4v) is 3.54. The molecule has 1 fully saturated rings. The van der Waals surface area contributed by atoms with Gasteiger partial charge in [-0.15, -0.1) is 11.3 Å². The Hall–Kier alpha value is -3.27. The molecule has 10 heteroatoms. The molecule has 3 amide bonds. The minimum Gasteiger partial charge on any atom is -0.326 e. The van der Waals surface area contributed by atoms with Crippen molar-refractivity contribution in [1.82, 2.24) is 15.8 Å². The standard InChI is InChI=1S/C17H16N4O5S/c22-15(11-4-1-5-12(10-11)21(25)26)18-19-16(23)13-6-2-8-20(13)17(24)14-7-3-9-27-14/h1,3-5,7,9-10,13H,2,6,8H2,(H,18,22)(H,19,23)/t13-/m0/s1. The van der Waals surface area contributed by atoms with Gasteiger partial charge in [-0.25, -0.2) is 0 Å². The van der Waals surface area contributed by atoms with Crippen molar-refractivity contribution in [3.05, 3.63) is 62.3 Å². The van der Waals surface area contributed by atoms with Gasteiger partial charge in [-0.2, -0.15) is 0 Å². The number of rotatable bonds is 4. The smallest absolute Gasteiger partial charge is 0.270 e. The number of nitro benzene ring substituents is 1. The molecule has 1 aromatic carbocycles. The maximum atomic E-state index is 12.5. The minimum atomic E-state index is -0.679. The van der Waals surface area contributed by atoms with E-state index in [9.17, 15) is 24.5 Å². The molecule has 0 aliphatic carbocycles. The Morgan fingerprint density at radius 2 is 2.00 bits per heavy atom. The second kappa shape index (κ2) is 7.96. The minimum absolute atomic E-state index is 0.0439. The molecule has 1 saturated heterocycles. The summed E-state index contributed by atoms with van der Waals surface area (Å²) in [6.07, 6.45) is 1.18. The van der Waals surface area contributed by atoms with E-state index in [2.05, 4.69) is 10.9 Å². The van der Waals surface area contributed by atoms with Crippen molar-refractivity contribution in [1.29, 1.82) is 0 Å². The highest BCUT2D eigenvalue weighted by Crippen LogP contribution is 2.22. The van der Waals surface area contributed by atoms with Crippen molar-refractivity contribution < 1.29 is 19.3 Å². The average molecular weight is 388 g/mol. The van der Waals surface area contributed by atoms with Crippen LogP contribution in [0.1, 0.15) is 32.9 Å². The topological polar surface area (TPSA) is 122 Å². The summed E-state index contributed by atoms with van der Waals surface area (Å²) in [6, 6.07) is 7.95. The molecule has 0 unspecified atom stereocenters. The summed E-state index contributed by atoms with van der Waals surface area (Å²) in [5.41, 5.74) is 4.36. The predicted molar refractivity (Wildman–Crippen MR) is 97.1 cm³/mol. The first kappa shape index (κ1) is 18.5. The number of non-ortho nitro benzene ring substituents is 1. The molecule has 3 rings (SSSR count). The summed E-state index contributed by atoms with van der Waals surface area (Å²) in [4.78, 5) is 49.2. The van der Waals surface area contributed by atoms with Crippen LogP contribution >= 0.6 is 11.3 Å². The second-order valence-corrected chi connectivity index (χ2v) is 6.83. The summed E-state index contributed by atoms with van der Waals surface area (Å²) >= 11 is 1.30. The van der Waals surface area contributed by atoms with Gasteiger partial charge in [-0.1, -0.05) is 12.1 Å². The van der Waals surface area contributed by atoms with Crippen LogP contribution in [0.3, 0.4) is 0 Å². The molecule has 1 aromatic heterocycles. The fourth-order valence-electron chi connectivity index (χ4n) is 2.86. The molecular formula is C17H16N4O5S. The number of hydrogen-bond donors (Lipinski definition) is 2. The van der Waals surface area contributed by atoms with E-state index in [1.165, 1.54) is 34.4 Å². The Bertz CT molecular complexity index is 883. The van der Waals surface area contributed by atoms with Crippen molar-refractivity contribution in [2.24, 2.45) is 0 Å². The van der Waals surface area contributed by atoms with E-state index in [0.29, 0.717) is 24.3 Å². The summed E-state index contributed by atoms with van der Waals surface area (Å²) in [6.45, 7) is 0.466. The number of hydrogen-bond acceptors (Lipinski definition) is 6. The van der Waals surface area contributed by atoms with Gasteiger partial charge in [0.1, 0.15) is 6.04 Å². The fraction of sp³-hybridized carbons (Fsp3) is 0.235. The first-order chi connectivity index (χ1) is 13.0. The Labute approximate surface area is 158 Å². The van der Waals surface area contributed by atoms with Crippen LogP contribution in [-0.4, -0.2) is 40.1 Å². The molecule has 1 aliphatic heterocycles. The van der Waals surface area contributed by atoms with Crippen molar-refractivity contribution in [3.63, 3.8) is 0 Å². The number of nitrogens with zero attached hydrogens (tertiary/aromatic N) is 2. The highest BCUT2D eigenvalue weighted by atomic mass is 32.1. The highest BCUT2D eigenvalue weighted by Gasteiger charge is 2.35. The summed E-state index contributed by atoms with van der Waals surface area (Å²) in [5.74, 6) is -1.40.